The normalized spacial score (nSPS) is 33.0. The van der Waals surface area contributed by atoms with Crippen LogP contribution in [0.2, 0.25) is 0 Å². The van der Waals surface area contributed by atoms with Crippen LogP contribution in [0, 0.1) is 17.8 Å². The maximum Gasteiger partial charge on any atom is 0.0136 e. The van der Waals surface area contributed by atoms with Gasteiger partial charge in [-0.3, -0.25) is 0 Å². The van der Waals surface area contributed by atoms with Crippen molar-refractivity contribution in [1.29, 1.82) is 0 Å². The van der Waals surface area contributed by atoms with E-state index in [4.69, 9.17) is 0 Å². The van der Waals surface area contributed by atoms with E-state index in [1.807, 2.05) is 0 Å². The fourth-order valence-electron chi connectivity index (χ4n) is 3.45. The molecule has 1 heterocycles. The maximum atomic E-state index is 3.34. The van der Waals surface area contributed by atoms with E-state index in [1.54, 1.807) is 0 Å². The minimum absolute atomic E-state index is 0.886. The molecule has 0 aromatic rings. The molecule has 0 amide bonds. The van der Waals surface area contributed by atoms with E-state index < -0.39 is 0 Å². The van der Waals surface area contributed by atoms with E-state index in [0.717, 1.165) is 23.8 Å². The minimum Gasteiger partial charge on any atom is -0.319 e. The highest BCUT2D eigenvalue weighted by atomic mass is 15.2. The number of nitrogens with zero attached hydrogens (tertiary/aromatic N) is 1. The molecule has 2 fully saturated rings. The van der Waals surface area contributed by atoms with Gasteiger partial charge < -0.3 is 10.2 Å². The van der Waals surface area contributed by atoms with Gasteiger partial charge >= 0.3 is 0 Å². The zero-order chi connectivity index (χ0) is 11.5. The third-order valence-electron chi connectivity index (χ3n) is 4.83. The van der Waals surface area contributed by atoms with Crippen LogP contribution in [0.25, 0.3) is 0 Å². The minimum atomic E-state index is 0.886. The predicted octanol–water partition coefficient (Wildman–Crippen LogP) is 2.35. The molecule has 2 nitrogen and oxygen atoms in total. The molecular formula is C14H28N2. The molecule has 1 saturated carbocycles. The summed E-state index contributed by atoms with van der Waals surface area (Å²) < 4.78 is 0. The quantitative estimate of drug-likeness (QED) is 0.788. The van der Waals surface area contributed by atoms with Gasteiger partial charge in [-0.25, -0.2) is 0 Å². The van der Waals surface area contributed by atoms with Crippen molar-refractivity contribution in [2.45, 2.75) is 45.6 Å². The Morgan fingerprint density at radius 2 is 1.81 bits per heavy atom. The summed E-state index contributed by atoms with van der Waals surface area (Å²) >= 11 is 0. The third kappa shape index (κ3) is 2.60. The first-order chi connectivity index (χ1) is 7.72. The summed E-state index contributed by atoms with van der Waals surface area (Å²) in [5, 5.41) is 3.34. The molecule has 94 valence electrons. The predicted molar refractivity (Wildman–Crippen MR) is 69.6 cm³/mol. The van der Waals surface area contributed by atoms with Gasteiger partial charge in [-0.1, -0.05) is 13.8 Å². The van der Waals surface area contributed by atoms with Crippen molar-refractivity contribution in [1.82, 2.24) is 10.2 Å². The van der Waals surface area contributed by atoms with Crippen LogP contribution in [0.15, 0.2) is 0 Å². The fourth-order valence-corrected chi connectivity index (χ4v) is 3.45. The van der Waals surface area contributed by atoms with Crippen LogP contribution in [0.1, 0.15) is 39.5 Å². The molecule has 2 heteroatoms. The molecule has 1 saturated heterocycles. The van der Waals surface area contributed by atoms with E-state index >= 15 is 0 Å². The summed E-state index contributed by atoms with van der Waals surface area (Å²) in [5.41, 5.74) is 0. The summed E-state index contributed by atoms with van der Waals surface area (Å²) in [6.07, 6.45) is 5.75. The van der Waals surface area contributed by atoms with Crippen LogP contribution < -0.4 is 5.32 Å². The lowest BCUT2D eigenvalue weighted by molar-refractivity contribution is 0.0288. The second-order valence-corrected chi connectivity index (χ2v) is 6.08. The Kier molecular flexibility index (Phi) is 4.26. The molecule has 2 unspecified atom stereocenters. The molecule has 0 aromatic carbocycles. The molecule has 1 aliphatic heterocycles. The molecule has 2 atom stereocenters. The van der Waals surface area contributed by atoms with Crippen LogP contribution in [0.4, 0.5) is 0 Å². The van der Waals surface area contributed by atoms with E-state index in [2.05, 4.69) is 31.1 Å². The summed E-state index contributed by atoms with van der Waals surface area (Å²) in [7, 11) is 2.08. The van der Waals surface area contributed by atoms with E-state index in [0.29, 0.717) is 0 Å². The number of rotatable bonds is 4. The van der Waals surface area contributed by atoms with Crippen molar-refractivity contribution in [2.24, 2.45) is 17.8 Å². The lowest BCUT2D eigenvalue weighted by Gasteiger charge is -2.47. The van der Waals surface area contributed by atoms with Gasteiger partial charge in [0.15, 0.2) is 0 Å². The number of hydrogen-bond donors (Lipinski definition) is 1. The van der Waals surface area contributed by atoms with Crippen LogP contribution in [0.5, 0.6) is 0 Å². The maximum absolute atomic E-state index is 3.34. The molecule has 16 heavy (non-hydrogen) atoms. The average molecular weight is 224 g/mol. The molecule has 0 radical (unpaired) electrons. The molecule has 0 aromatic heterocycles. The Morgan fingerprint density at radius 3 is 2.25 bits per heavy atom. The van der Waals surface area contributed by atoms with Crippen LogP contribution in [0.3, 0.4) is 0 Å². The summed E-state index contributed by atoms with van der Waals surface area (Å²) in [6.45, 7) is 8.69. The standard InChI is InChI=1S/C14H28N2/c1-11(2)12-6-8-16(9-7-12)14-5-4-13(14)10-15-3/h11-15H,4-10H2,1-3H3. The second-order valence-electron chi connectivity index (χ2n) is 6.08. The van der Waals surface area contributed by atoms with Gasteiger partial charge in [-0.2, -0.15) is 0 Å². The Labute approximate surface area is 101 Å². The highest BCUT2D eigenvalue weighted by Crippen LogP contribution is 2.35. The SMILES string of the molecule is CNCC1CCC1N1CCC(C(C)C)CC1. The van der Waals surface area contributed by atoms with Gasteiger partial charge in [-0.15, -0.1) is 0 Å². The topological polar surface area (TPSA) is 15.3 Å². The van der Waals surface area contributed by atoms with Gasteiger partial charge in [0.2, 0.25) is 0 Å². The van der Waals surface area contributed by atoms with Crippen LogP contribution in [-0.2, 0) is 0 Å². The van der Waals surface area contributed by atoms with E-state index in [-0.39, 0.29) is 0 Å². The highest BCUT2D eigenvalue weighted by Gasteiger charge is 2.36. The Morgan fingerprint density at radius 1 is 1.12 bits per heavy atom. The number of hydrogen-bond acceptors (Lipinski definition) is 2. The number of piperidine rings is 1. The molecule has 1 aliphatic carbocycles. The first-order valence-corrected chi connectivity index (χ1v) is 7.11. The number of likely N-dealkylation sites (tertiary alicyclic amines) is 1. The van der Waals surface area contributed by atoms with Crippen molar-refractivity contribution >= 4 is 0 Å². The molecule has 2 aliphatic rings. The van der Waals surface area contributed by atoms with Crippen LogP contribution in [-0.4, -0.2) is 37.6 Å². The van der Waals surface area contributed by atoms with Gasteiger partial charge in [-0.05, 0) is 70.1 Å². The monoisotopic (exact) mass is 224 g/mol. The largest absolute Gasteiger partial charge is 0.319 e. The highest BCUT2D eigenvalue weighted by molar-refractivity contribution is 4.91. The van der Waals surface area contributed by atoms with Crippen molar-refractivity contribution in [3.8, 4) is 0 Å². The van der Waals surface area contributed by atoms with Crippen molar-refractivity contribution in [3.63, 3.8) is 0 Å². The van der Waals surface area contributed by atoms with Crippen LogP contribution >= 0.6 is 0 Å². The lowest BCUT2D eigenvalue weighted by Crippen LogP contribution is -2.52. The Balaban J connectivity index is 1.76. The summed E-state index contributed by atoms with van der Waals surface area (Å²) in [5.74, 6) is 2.80. The van der Waals surface area contributed by atoms with Crippen molar-refractivity contribution in [3.05, 3.63) is 0 Å². The number of nitrogens with one attached hydrogen (secondary N) is 1. The first-order valence-electron chi connectivity index (χ1n) is 7.11. The lowest BCUT2D eigenvalue weighted by atomic mass is 9.76. The van der Waals surface area contributed by atoms with Crippen molar-refractivity contribution in [2.75, 3.05) is 26.7 Å². The Hall–Kier alpha value is -0.0800. The van der Waals surface area contributed by atoms with Gasteiger partial charge in [0.05, 0.1) is 0 Å². The van der Waals surface area contributed by atoms with Crippen molar-refractivity contribution < 1.29 is 0 Å². The van der Waals surface area contributed by atoms with E-state index in [9.17, 15) is 0 Å². The van der Waals surface area contributed by atoms with Gasteiger partial charge in [0, 0.05) is 6.04 Å². The molecule has 2 rings (SSSR count). The smallest absolute Gasteiger partial charge is 0.0136 e. The van der Waals surface area contributed by atoms with Gasteiger partial charge in [0.1, 0.15) is 0 Å². The van der Waals surface area contributed by atoms with E-state index in [1.165, 1.54) is 45.3 Å². The Bertz CT molecular complexity index is 207. The molecule has 0 bridgehead atoms. The zero-order valence-electron chi connectivity index (χ0n) is 11.2. The third-order valence-corrected chi connectivity index (χ3v) is 4.83. The summed E-state index contributed by atoms with van der Waals surface area (Å²) in [4.78, 5) is 2.77. The fraction of sp³-hybridized carbons (Fsp3) is 1.00. The second kappa shape index (κ2) is 5.50. The van der Waals surface area contributed by atoms with Gasteiger partial charge in [0.25, 0.3) is 0 Å². The molecule has 0 spiro atoms. The zero-order valence-corrected chi connectivity index (χ0v) is 11.2. The molecule has 1 N–H and O–H groups in total. The average Bonchev–Trinajstić information content (AvgIpc) is 2.25. The summed E-state index contributed by atoms with van der Waals surface area (Å²) in [6, 6.07) is 0.903. The molecular weight excluding hydrogens is 196 g/mol. The first kappa shape index (κ1) is 12.4.